The van der Waals surface area contributed by atoms with Gasteiger partial charge in [0.25, 0.3) is 0 Å². The summed E-state index contributed by atoms with van der Waals surface area (Å²) in [7, 11) is 0. The lowest BCUT2D eigenvalue weighted by molar-refractivity contribution is -0.158. The number of amides is 1. The summed E-state index contributed by atoms with van der Waals surface area (Å²) in [4.78, 5) is 13.5. The molecule has 0 saturated carbocycles. The molecule has 4 nitrogen and oxygen atoms in total. The number of aliphatic hydroxyl groups is 1. The molecule has 19 heavy (non-hydrogen) atoms. The van der Waals surface area contributed by atoms with Gasteiger partial charge in [0.15, 0.2) is 0 Å². The highest BCUT2D eigenvalue weighted by Crippen LogP contribution is 2.28. The number of benzene rings is 1. The molecule has 0 unspecified atom stereocenters. The van der Waals surface area contributed by atoms with E-state index in [1.165, 1.54) is 6.08 Å². The van der Waals surface area contributed by atoms with Crippen molar-refractivity contribution in [1.82, 2.24) is 4.90 Å². The fourth-order valence-electron chi connectivity index (χ4n) is 1.99. The van der Waals surface area contributed by atoms with Gasteiger partial charge in [-0.25, -0.2) is 0 Å². The second-order valence-electron chi connectivity index (χ2n) is 5.38. The Kier molecular flexibility index (Phi) is 3.62. The quantitative estimate of drug-likeness (QED) is 0.813. The summed E-state index contributed by atoms with van der Waals surface area (Å²) in [5.41, 5.74) is 0.118. The van der Waals surface area contributed by atoms with Gasteiger partial charge in [-0.3, -0.25) is 4.79 Å². The molecule has 0 radical (unpaired) electrons. The fraction of sp³-hybridized carbons (Fsp3) is 0.400. The van der Waals surface area contributed by atoms with Crippen LogP contribution >= 0.6 is 0 Å². The van der Waals surface area contributed by atoms with E-state index in [1.54, 1.807) is 35.2 Å². The highest BCUT2D eigenvalue weighted by Gasteiger charge is 2.45. The van der Waals surface area contributed by atoms with Crippen molar-refractivity contribution in [3.8, 4) is 5.75 Å². The first-order valence-electron chi connectivity index (χ1n) is 6.39. The number of phenolic OH excluding ortho intramolecular Hbond substituents is 1. The van der Waals surface area contributed by atoms with E-state index in [1.807, 2.05) is 13.8 Å². The molecular weight excluding hydrogens is 242 g/mol. The van der Waals surface area contributed by atoms with Crippen LogP contribution in [0.25, 0.3) is 6.08 Å². The highest BCUT2D eigenvalue weighted by atomic mass is 16.3. The van der Waals surface area contributed by atoms with Crippen molar-refractivity contribution in [3.63, 3.8) is 0 Å². The third kappa shape index (κ3) is 2.96. The Morgan fingerprint density at radius 3 is 2.42 bits per heavy atom. The van der Waals surface area contributed by atoms with Crippen molar-refractivity contribution in [2.75, 3.05) is 13.1 Å². The molecule has 0 spiro atoms. The molecule has 102 valence electrons. The zero-order valence-electron chi connectivity index (χ0n) is 11.2. The normalized spacial score (nSPS) is 17.8. The van der Waals surface area contributed by atoms with Crippen LogP contribution in [-0.2, 0) is 4.79 Å². The molecule has 1 aromatic carbocycles. The van der Waals surface area contributed by atoms with Crippen molar-refractivity contribution in [2.45, 2.75) is 19.4 Å². The minimum Gasteiger partial charge on any atom is -0.508 e. The number of nitrogens with zero attached hydrogens (tertiary/aromatic N) is 1. The lowest BCUT2D eigenvalue weighted by atomic mass is 9.83. The predicted octanol–water partition coefficient (Wildman–Crippen LogP) is 1.63. The largest absolute Gasteiger partial charge is 0.508 e. The first kappa shape index (κ1) is 13.6. The van der Waals surface area contributed by atoms with Gasteiger partial charge < -0.3 is 15.1 Å². The SMILES string of the molecule is CC(C)C1(O)CN(C(=O)C=Cc2ccc(O)cc2)C1. The van der Waals surface area contributed by atoms with Crippen LogP contribution < -0.4 is 0 Å². The average molecular weight is 261 g/mol. The monoisotopic (exact) mass is 261 g/mol. The molecule has 1 saturated heterocycles. The topological polar surface area (TPSA) is 60.8 Å². The van der Waals surface area contributed by atoms with Gasteiger partial charge in [-0.15, -0.1) is 0 Å². The molecular formula is C15H19NO3. The maximum absolute atomic E-state index is 11.9. The van der Waals surface area contributed by atoms with Crippen LogP contribution in [0.5, 0.6) is 5.75 Å². The van der Waals surface area contributed by atoms with E-state index < -0.39 is 5.60 Å². The Bertz CT molecular complexity index is 485. The van der Waals surface area contributed by atoms with E-state index in [9.17, 15) is 9.90 Å². The van der Waals surface area contributed by atoms with Crippen molar-refractivity contribution < 1.29 is 15.0 Å². The first-order chi connectivity index (χ1) is 8.90. The van der Waals surface area contributed by atoms with Crippen molar-refractivity contribution in [1.29, 1.82) is 0 Å². The number of hydrogen-bond donors (Lipinski definition) is 2. The van der Waals surface area contributed by atoms with E-state index in [-0.39, 0.29) is 17.6 Å². The van der Waals surface area contributed by atoms with Gasteiger partial charge >= 0.3 is 0 Å². The van der Waals surface area contributed by atoms with Crippen LogP contribution in [0.3, 0.4) is 0 Å². The lowest BCUT2D eigenvalue weighted by Crippen LogP contribution is -2.65. The number of carbonyl (C=O) groups is 1. The van der Waals surface area contributed by atoms with Crippen LogP contribution in [0.4, 0.5) is 0 Å². The van der Waals surface area contributed by atoms with Crippen LogP contribution in [0.2, 0.25) is 0 Å². The van der Waals surface area contributed by atoms with Gasteiger partial charge in [-0.1, -0.05) is 26.0 Å². The molecule has 2 rings (SSSR count). The van der Waals surface area contributed by atoms with E-state index in [4.69, 9.17) is 5.11 Å². The summed E-state index contributed by atoms with van der Waals surface area (Å²) >= 11 is 0. The van der Waals surface area contributed by atoms with Gasteiger partial charge in [-0.05, 0) is 29.7 Å². The lowest BCUT2D eigenvalue weighted by Gasteiger charge is -2.48. The molecule has 1 aromatic rings. The van der Waals surface area contributed by atoms with Crippen molar-refractivity contribution >= 4 is 12.0 Å². The standard InChI is InChI=1S/C15H19NO3/c1-11(2)15(19)9-16(10-15)14(18)8-5-12-3-6-13(17)7-4-12/h3-8,11,17,19H,9-10H2,1-2H3. The molecule has 0 aromatic heterocycles. The van der Waals surface area contributed by atoms with E-state index in [0.717, 1.165) is 5.56 Å². The summed E-state index contributed by atoms with van der Waals surface area (Å²) in [6.07, 6.45) is 3.20. The zero-order valence-corrected chi connectivity index (χ0v) is 11.2. The number of β-amino-alcohol motifs (C(OH)–C–C–N with tert-alkyl or cyclic N) is 1. The van der Waals surface area contributed by atoms with Gasteiger partial charge in [0.05, 0.1) is 13.1 Å². The number of carbonyl (C=O) groups excluding carboxylic acids is 1. The molecule has 2 N–H and O–H groups in total. The minimum absolute atomic E-state index is 0.0987. The maximum atomic E-state index is 11.9. The molecule has 1 aliphatic heterocycles. The van der Waals surface area contributed by atoms with Gasteiger partial charge in [0.2, 0.25) is 5.91 Å². The van der Waals surface area contributed by atoms with Crippen molar-refractivity contribution in [3.05, 3.63) is 35.9 Å². The van der Waals surface area contributed by atoms with E-state index in [0.29, 0.717) is 13.1 Å². The summed E-state index contributed by atoms with van der Waals surface area (Å²) in [6, 6.07) is 6.62. The van der Waals surface area contributed by atoms with Crippen LogP contribution in [0.15, 0.2) is 30.3 Å². The summed E-state index contributed by atoms with van der Waals surface area (Å²) in [6.45, 7) is 4.69. The molecule has 1 fully saturated rings. The number of aromatic hydroxyl groups is 1. The predicted molar refractivity (Wildman–Crippen MR) is 73.5 cm³/mol. The Hall–Kier alpha value is -1.81. The van der Waals surface area contributed by atoms with Crippen LogP contribution in [-0.4, -0.2) is 39.7 Å². The second-order valence-corrected chi connectivity index (χ2v) is 5.38. The molecule has 1 amide bonds. The Morgan fingerprint density at radius 2 is 1.89 bits per heavy atom. The minimum atomic E-state index is -0.734. The molecule has 0 atom stereocenters. The Morgan fingerprint density at radius 1 is 1.32 bits per heavy atom. The third-order valence-electron chi connectivity index (χ3n) is 3.63. The Labute approximate surface area is 113 Å². The fourth-order valence-corrected chi connectivity index (χ4v) is 1.99. The molecule has 1 heterocycles. The molecule has 4 heteroatoms. The van der Waals surface area contributed by atoms with Gasteiger partial charge in [0.1, 0.15) is 11.4 Å². The summed E-state index contributed by atoms with van der Waals surface area (Å²) < 4.78 is 0. The summed E-state index contributed by atoms with van der Waals surface area (Å²) in [5.74, 6) is 0.254. The molecule has 0 bridgehead atoms. The zero-order chi connectivity index (χ0) is 14.0. The van der Waals surface area contributed by atoms with Crippen molar-refractivity contribution in [2.24, 2.45) is 5.92 Å². The van der Waals surface area contributed by atoms with Gasteiger partial charge in [-0.2, -0.15) is 0 Å². The third-order valence-corrected chi connectivity index (χ3v) is 3.63. The average Bonchev–Trinajstić information content (AvgIpc) is 2.33. The van der Waals surface area contributed by atoms with Gasteiger partial charge in [0, 0.05) is 6.08 Å². The summed E-state index contributed by atoms with van der Waals surface area (Å²) in [5, 5.41) is 19.2. The smallest absolute Gasteiger partial charge is 0.246 e. The number of phenols is 1. The second kappa shape index (κ2) is 5.05. The highest BCUT2D eigenvalue weighted by molar-refractivity contribution is 5.92. The molecule has 0 aliphatic carbocycles. The Balaban J connectivity index is 1.91. The van der Waals surface area contributed by atoms with Crippen LogP contribution in [0.1, 0.15) is 19.4 Å². The number of hydrogen-bond acceptors (Lipinski definition) is 3. The van der Waals surface area contributed by atoms with E-state index >= 15 is 0 Å². The maximum Gasteiger partial charge on any atom is 0.246 e. The van der Waals surface area contributed by atoms with E-state index in [2.05, 4.69) is 0 Å². The number of likely N-dealkylation sites (tertiary alicyclic amines) is 1. The van der Waals surface area contributed by atoms with Crippen LogP contribution in [0, 0.1) is 5.92 Å². The number of rotatable bonds is 3. The molecule has 1 aliphatic rings. The first-order valence-corrected chi connectivity index (χ1v) is 6.39.